The van der Waals surface area contributed by atoms with Gasteiger partial charge in [0.25, 0.3) is 0 Å². The van der Waals surface area contributed by atoms with Gasteiger partial charge >= 0.3 is 0 Å². The molecular formula is C14H12F2N2O. The first-order chi connectivity index (χ1) is 9.09. The highest BCUT2D eigenvalue weighted by Gasteiger charge is 2.10. The van der Waals surface area contributed by atoms with Gasteiger partial charge in [-0.2, -0.15) is 0 Å². The smallest absolute Gasteiger partial charge is 0.249 e. The molecule has 19 heavy (non-hydrogen) atoms. The molecule has 0 atom stereocenters. The highest BCUT2D eigenvalue weighted by Crippen LogP contribution is 2.18. The summed E-state index contributed by atoms with van der Waals surface area (Å²) in [5.41, 5.74) is 6.26. The first kappa shape index (κ1) is 13.0. The SMILES string of the molecule is NC(=O)c1ccccc1CNc1cccc(F)c1F. The van der Waals surface area contributed by atoms with Crippen LogP contribution >= 0.6 is 0 Å². The Bertz CT molecular complexity index is 614. The van der Waals surface area contributed by atoms with Crippen molar-refractivity contribution in [3.8, 4) is 0 Å². The average molecular weight is 262 g/mol. The largest absolute Gasteiger partial charge is 0.378 e. The lowest BCUT2D eigenvalue weighted by Crippen LogP contribution is -2.15. The molecule has 0 spiro atoms. The molecule has 0 heterocycles. The molecule has 2 aromatic rings. The predicted octanol–water partition coefficient (Wildman–Crippen LogP) is 2.68. The zero-order valence-electron chi connectivity index (χ0n) is 9.99. The lowest BCUT2D eigenvalue weighted by Gasteiger charge is -2.10. The number of amides is 1. The normalized spacial score (nSPS) is 10.2. The van der Waals surface area contributed by atoms with Crippen molar-refractivity contribution in [1.82, 2.24) is 0 Å². The Morgan fingerprint density at radius 2 is 1.84 bits per heavy atom. The lowest BCUT2D eigenvalue weighted by molar-refractivity contribution is 0.0999. The Hall–Kier alpha value is -2.43. The number of nitrogens with one attached hydrogen (secondary N) is 1. The van der Waals surface area contributed by atoms with Crippen LogP contribution in [-0.2, 0) is 6.54 Å². The molecule has 5 heteroatoms. The molecule has 0 saturated carbocycles. The van der Waals surface area contributed by atoms with E-state index in [-0.39, 0.29) is 12.2 Å². The van der Waals surface area contributed by atoms with Crippen LogP contribution in [0.1, 0.15) is 15.9 Å². The number of anilines is 1. The summed E-state index contributed by atoms with van der Waals surface area (Å²) in [6.45, 7) is 0.180. The van der Waals surface area contributed by atoms with E-state index in [1.807, 2.05) is 0 Å². The summed E-state index contributed by atoms with van der Waals surface area (Å²) >= 11 is 0. The summed E-state index contributed by atoms with van der Waals surface area (Å²) in [6, 6.07) is 10.6. The third-order valence-electron chi connectivity index (χ3n) is 2.70. The van der Waals surface area contributed by atoms with Crippen molar-refractivity contribution in [2.45, 2.75) is 6.54 Å². The zero-order chi connectivity index (χ0) is 13.8. The van der Waals surface area contributed by atoms with E-state index >= 15 is 0 Å². The van der Waals surface area contributed by atoms with Crippen molar-refractivity contribution in [3.63, 3.8) is 0 Å². The van der Waals surface area contributed by atoms with E-state index in [0.29, 0.717) is 11.1 Å². The number of hydrogen-bond acceptors (Lipinski definition) is 2. The fourth-order valence-corrected chi connectivity index (χ4v) is 1.75. The summed E-state index contributed by atoms with van der Waals surface area (Å²) in [5, 5.41) is 2.74. The molecule has 0 saturated heterocycles. The van der Waals surface area contributed by atoms with E-state index in [1.165, 1.54) is 12.1 Å². The molecule has 3 N–H and O–H groups in total. The maximum Gasteiger partial charge on any atom is 0.249 e. The second-order valence-electron chi connectivity index (χ2n) is 3.98. The summed E-state index contributed by atoms with van der Waals surface area (Å²) < 4.78 is 26.5. The fraction of sp³-hybridized carbons (Fsp3) is 0.0714. The molecule has 0 aliphatic heterocycles. The monoisotopic (exact) mass is 262 g/mol. The fourth-order valence-electron chi connectivity index (χ4n) is 1.75. The Labute approximate surface area is 109 Å². The molecule has 0 fully saturated rings. The molecule has 1 amide bonds. The number of halogens is 2. The van der Waals surface area contributed by atoms with E-state index in [0.717, 1.165) is 6.07 Å². The highest BCUT2D eigenvalue weighted by atomic mass is 19.2. The number of carbonyl (C=O) groups is 1. The molecule has 0 aliphatic rings. The van der Waals surface area contributed by atoms with Crippen LogP contribution in [0.4, 0.5) is 14.5 Å². The second-order valence-corrected chi connectivity index (χ2v) is 3.98. The van der Waals surface area contributed by atoms with Crippen molar-refractivity contribution in [2.75, 3.05) is 5.32 Å². The molecule has 0 radical (unpaired) electrons. The minimum absolute atomic E-state index is 0.0410. The van der Waals surface area contributed by atoms with Gasteiger partial charge in [0.1, 0.15) is 0 Å². The maximum absolute atomic E-state index is 13.4. The topological polar surface area (TPSA) is 55.1 Å². The molecule has 0 aromatic heterocycles. The molecule has 0 aliphatic carbocycles. The van der Waals surface area contributed by atoms with Crippen molar-refractivity contribution in [1.29, 1.82) is 0 Å². The first-order valence-electron chi connectivity index (χ1n) is 5.65. The summed E-state index contributed by atoms with van der Waals surface area (Å²) in [5.74, 6) is -2.43. The Kier molecular flexibility index (Phi) is 3.75. The van der Waals surface area contributed by atoms with E-state index in [4.69, 9.17) is 5.73 Å². The van der Waals surface area contributed by atoms with Gasteiger partial charge in [0.05, 0.1) is 5.69 Å². The number of carbonyl (C=O) groups excluding carboxylic acids is 1. The number of nitrogens with two attached hydrogens (primary N) is 1. The van der Waals surface area contributed by atoms with Crippen LogP contribution in [0.5, 0.6) is 0 Å². The van der Waals surface area contributed by atoms with Crippen molar-refractivity contribution >= 4 is 11.6 Å². The van der Waals surface area contributed by atoms with Crippen LogP contribution in [0.2, 0.25) is 0 Å². The van der Waals surface area contributed by atoms with Crippen molar-refractivity contribution in [2.24, 2.45) is 5.73 Å². The average Bonchev–Trinajstić information content (AvgIpc) is 2.40. The Balaban J connectivity index is 2.19. The highest BCUT2D eigenvalue weighted by molar-refractivity contribution is 5.94. The molecule has 0 bridgehead atoms. The van der Waals surface area contributed by atoms with Gasteiger partial charge < -0.3 is 11.1 Å². The van der Waals surface area contributed by atoms with Gasteiger partial charge in [0.15, 0.2) is 11.6 Å². The van der Waals surface area contributed by atoms with Gasteiger partial charge in [-0.15, -0.1) is 0 Å². The number of rotatable bonds is 4. The van der Waals surface area contributed by atoms with Crippen LogP contribution in [-0.4, -0.2) is 5.91 Å². The summed E-state index contributed by atoms with van der Waals surface area (Å²) in [4.78, 5) is 11.2. The van der Waals surface area contributed by atoms with E-state index in [2.05, 4.69) is 5.32 Å². The molecule has 2 aromatic carbocycles. The van der Waals surface area contributed by atoms with E-state index in [1.54, 1.807) is 24.3 Å². The number of hydrogen-bond donors (Lipinski definition) is 2. The third-order valence-corrected chi connectivity index (χ3v) is 2.70. The summed E-state index contributed by atoms with van der Waals surface area (Å²) in [6.07, 6.45) is 0. The predicted molar refractivity (Wildman–Crippen MR) is 68.6 cm³/mol. The molecule has 2 rings (SSSR count). The number of benzene rings is 2. The van der Waals surface area contributed by atoms with Crippen molar-refractivity contribution < 1.29 is 13.6 Å². The van der Waals surface area contributed by atoms with E-state index < -0.39 is 17.5 Å². The zero-order valence-corrected chi connectivity index (χ0v) is 9.99. The number of primary amides is 1. The van der Waals surface area contributed by atoms with Crippen LogP contribution in [0.3, 0.4) is 0 Å². The van der Waals surface area contributed by atoms with E-state index in [9.17, 15) is 13.6 Å². The van der Waals surface area contributed by atoms with Gasteiger partial charge in [-0.3, -0.25) is 4.79 Å². The molecular weight excluding hydrogens is 250 g/mol. The van der Waals surface area contributed by atoms with Gasteiger partial charge in [0, 0.05) is 12.1 Å². The maximum atomic E-state index is 13.4. The molecule has 98 valence electrons. The van der Waals surface area contributed by atoms with Crippen LogP contribution in [0.15, 0.2) is 42.5 Å². The van der Waals surface area contributed by atoms with Gasteiger partial charge in [-0.05, 0) is 23.8 Å². The Morgan fingerprint density at radius 1 is 1.11 bits per heavy atom. The lowest BCUT2D eigenvalue weighted by atomic mass is 10.1. The third kappa shape index (κ3) is 2.88. The van der Waals surface area contributed by atoms with Crippen LogP contribution in [0, 0.1) is 11.6 Å². The standard InChI is InChI=1S/C14H12F2N2O/c15-11-6-3-7-12(13(11)16)18-8-9-4-1-2-5-10(9)14(17)19/h1-7,18H,8H2,(H2,17,19). The van der Waals surface area contributed by atoms with Crippen molar-refractivity contribution in [3.05, 3.63) is 65.2 Å². The minimum Gasteiger partial charge on any atom is -0.378 e. The second kappa shape index (κ2) is 5.48. The van der Waals surface area contributed by atoms with Gasteiger partial charge in [-0.25, -0.2) is 8.78 Å². The van der Waals surface area contributed by atoms with Crippen LogP contribution < -0.4 is 11.1 Å². The molecule has 3 nitrogen and oxygen atoms in total. The minimum atomic E-state index is -0.945. The molecule has 0 unspecified atom stereocenters. The Morgan fingerprint density at radius 3 is 2.58 bits per heavy atom. The quantitative estimate of drug-likeness (QED) is 0.890. The van der Waals surface area contributed by atoms with Crippen LogP contribution in [0.25, 0.3) is 0 Å². The summed E-state index contributed by atoms with van der Waals surface area (Å²) in [7, 11) is 0. The van der Waals surface area contributed by atoms with Gasteiger partial charge in [-0.1, -0.05) is 24.3 Å². The first-order valence-corrected chi connectivity index (χ1v) is 5.65. The van der Waals surface area contributed by atoms with Gasteiger partial charge in [0.2, 0.25) is 5.91 Å².